The van der Waals surface area contributed by atoms with E-state index in [0.29, 0.717) is 0 Å². The molecule has 0 saturated heterocycles. The van der Waals surface area contributed by atoms with Crippen molar-refractivity contribution in [1.29, 1.82) is 0 Å². The van der Waals surface area contributed by atoms with Crippen LogP contribution in [0.1, 0.15) is 0 Å². The number of benzene rings is 2. The summed E-state index contributed by atoms with van der Waals surface area (Å²) in [7, 11) is 3.38. The molecular formula is C20H17NO2. The normalized spacial score (nSPS) is 11.0. The molecule has 3 heteroatoms. The molecule has 3 nitrogen and oxygen atoms in total. The van der Waals surface area contributed by atoms with Crippen LogP contribution >= 0.6 is 0 Å². The molecule has 0 N–H and O–H groups in total. The largest absolute Gasteiger partial charge is 0.497 e. The van der Waals surface area contributed by atoms with Gasteiger partial charge in [-0.15, -0.1) is 0 Å². The average molecular weight is 303 g/mol. The van der Waals surface area contributed by atoms with Gasteiger partial charge < -0.3 is 13.9 Å². The lowest BCUT2D eigenvalue weighted by Crippen LogP contribution is -1.84. The van der Waals surface area contributed by atoms with Gasteiger partial charge in [0.25, 0.3) is 0 Å². The van der Waals surface area contributed by atoms with Crippen LogP contribution in [-0.4, -0.2) is 18.6 Å². The fourth-order valence-corrected chi connectivity index (χ4v) is 3.11. The highest BCUT2D eigenvalue weighted by Gasteiger charge is 2.13. The maximum atomic E-state index is 5.39. The summed E-state index contributed by atoms with van der Waals surface area (Å²) < 4.78 is 12.9. The molecule has 0 aliphatic rings. The molecule has 0 radical (unpaired) electrons. The predicted octanol–water partition coefficient (Wildman–Crippen LogP) is 4.78. The molecule has 0 spiro atoms. The van der Waals surface area contributed by atoms with Crippen LogP contribution in [0.15, 0.2) is 66.9 Å². The Balaban J connectivity index is 2.06. The number of hydrogen-bond donors (Lipinski definition) is 0. The first-order valence-electron chi connectivity index (χ1n) is 7.53. The second-order valence-corrected chi connectivity index (χ2v) is 5.44. The zero-order chi connectivity index (χ0) is 15.8. The monoisotopic (exact) mass is 303 g/mol. The average Bonchev–Trinajstić information content (AvgIpc) is 2.95. The molecule has 0 unspecified atom stereocenters. The van der Waals surface area contributed by atoms with E-state index in [4.69, 9.17) is 9.47 Å². The lowest BCUT2D eigenvalue weighted by atomic mass is 10.0. The molecule has 4 aromatic rings. The van der Waals surface area contributed by atoms with E-state index in [1.54, 1.807) is 14.2 Å². The van der Waals surface area contributed by atoms with Crippen molar-refractivity contribution < 1.29 is 9.47 Å². The van der Waals surface area contributed by atoms with Crippen molar-refractivity contribution >= 4 is 16.4 Å². The summed E-state index contributed by atoms with van der Waals surface area (Å²) in [4.78, 5) is 0. The van der Waals surface area contributed by atoms with Crippen LogP contribution in [0.4, 0.5) is 0 Å². The summed E-state index contributed by atoms with van der Waals surface area (Å²) in [5.74, 6) is 1.73. The van der Waals surface area contributed by atoms with Crippen molar-refractivity contribution in [1.82, 2.24) is 4.40 Å². The SMILES string of the molecule is COc1ccc(-c2c3ccc(OC)cc3n3ccccc23)cc1. The molecule has 0 amide bonds. The minimum Gasteiger partial charge on any atom is -0.497 e. The molecule has 0 fully saturated rings. The Morgan fingerprint density at radius 3 is 2.22 bits per heavy atom. The lowest BCUT2D eigenvalue weighted by Gasteiger charge is -2.04. The number of fused-ring (bicyclic) bond motifs is 3. The first kappa shape index (κ1) is 13.7. The number of aromatic nitrogens is 1. The van der Waals surface area contributed by atoms with Crippen molar-refractivity contribution in [3.05, 3.63) is 66.9 Å². The van der Waals surface area contributed by atoms with E-state index in [-0.39, 0.29) is 0 Å². The molecule has 2 aromatic heterocycles. The molecule has 2 heterocycles. The van der Waals surface area contributed by atoms with Gasteiger partial charge in [-0.25, -0.2) is 0 Å². The van der Waals surface area contributed by atoms with Crippen LogP contribution in [0.25, 0.3) is 27.5 Å². The van der Waals surface area contributed by atoms with E-state index >= 15 is 0 Å². The first-order valence-corrected chi connectivity index (χ1v) is 7.53. The number of rotatable bonds is 3. The summed E-state index contributed by atoms with van der Waals surface area (Å²) in [6, 6.07) is 20.7. The van der Waals surface area contributed by atoms with Gasteiger partial charge in [-0.3, -0.25) is 0 Å². The highest BCUT2D eigenvalue weighted by atomic mass is 16.5. The predicted molar refractivity (Wildman–Crippen MR) is 93.4 cm³/mol. The minimum absolute atomic E-state index is 0.863. The smallest absolute Gasteiger partial charge is 0.120 e. The van der Waals surface area contributed by atoms with Gasteiger partial charge in [0.15, 0.2) is 0 Å². The topological polar surface area (TPSA) is 22.9 Å². The summed E-state index contributed by atoms with van der Waals surface area (Å²) in [5, 5.41) is 1.21. The number of nitrogens with zero attached hydrogens (tertiary/aromatic N) is 1. The number of hydrogen-bond acceptors (Lipinski definition) is 2. The Morgan fingerprint density at radius 1 is 0.739 bits per heavy atom. The molecule has 4 rings (SSSR count). The van der Waals surface area contributed by atoms with Crippen LogP contribution in [0.5, 0.6) is 11.5 Å². The lowest BCUT2D eigenvalue weighted by molar-refractivity contribution is 0.415. The van der Waals surface area contributed by atoms with Gasteiger partial charge in [0.1, 0.15) is 11.5 Å². The summed E-state index contributed by atoms with van der Waals surface area (Å²) in [5.41, 5.74) is 4.73. The van der Waals surface area contributed by atoms with Crippen LogP contribution in [0.3, 0.4) is 0 Å². The van der Waals surface area contributed by atoms with Crippen molar-refractivity contribution in [2.24, 2.45) is 0 Å². The zero-order valence-electron chi connectivity index (χ0n) is 13.1. The van der Waals surface area contributed by atoms with E-state index < -0.39 is 0 Å². The van der Waals surface area contributed by atoms with Crippen molar-refractivity contribution in [3.8, 4) is 22.6 Å². The maximum Gasteiger partial charge on any atom is 0.120 e. The zero-order valence-corrected chi connectivity index (χ0v) is 13.1. The molecule has 0 atom stereocenters. The standard InChI is InChI=1S/C20H17NO2/c1-22-15-8-6-14(7-9-15)20-17-11-10-16(23-2)13-19(17)21-12-4-3-5-18(20)21/h3-13H,1-2H3. The van der Waals surface area contributed by atoms with E-state index in [9.17, 15) is 0 Å². The number of ether oxygens (including phenoxy) is 2. The van der Waals surface area contributed by atoms with Gasteiger partial charge in [-0.05, 0) is 42.0 Å². The van der Waals surface area contributed by atoms with Crippen molar-refractivity contribution in [3.63, 3.8) is 0 Å². The summed E-state index contributed by atoms with van der Waals surface area (Å²) in [6.07, 6.45) is 2.09. The minimum atomic E-state index is 0.863. The molecule has 0 aliphatic carbocycles. The number of pyridine rings is 1. The molecule has 0 aliphatic heterocycles. The highest BCUT2D eigenvalue weighted by Crippen LogP contribution is 2.37. The molecule has 23 heavy (non-hydrogen) atoms. The van der Waals surface area contributed by atoms with Gasteiger partial charge in [-0.1, -0.05) is 18.2 Å². The van der Waals surface area contributed by atoms with E-state index in [1.165, 1.54) is 22.0 Å². The van der Waals surface area contributed by atoms with E-state index in [2.05, 4.69) is 47.0 Å². The number of methoxy groups -OCH3 is 2. The molecule has 2 aromatic carbocycles. The Hall–Kier alpha value is -2.94. The van der Waals surface area contributed by atoms with E-state index in [1.807, 2.05) is 24.3 Å². The van der Waals surface area contributed by atoms with Crippen molar-refractivity contribution in [2.45, 2.75) is 0 Å². The van der Waals surface area contributed by atoms with Crippen molar-refractivity contribution in [2.75, 3.05) is 14.2 Å². The molecular weight excluding hydrogens is 286 g/mol. The van der Waals surface area contributed by atoms with Gasteiger partial charge in [0.05, 0.1) is 25.3 Å². The fourth-order valence-electron chi connectivity index (χ4n) is 3.11. The van der Waals surface area contributed by atoms with Gasteiger partial charge in [-0.2, -0.15) is 0 Å². The molecule has 0 saturated carbocycles. The van der Waals surface area contributed by atoms with Gasteiger partial charge >= 0.3 is 0 Å². The summed E-state index contributed by atoms with van der Waals surface area (Å²) in [6.45, 7) is 0. The third-order valence-corrected chi connectivity index (χ3v) is 4.23. The van der Waals surface area contributed by atoms with Crippen LogP contribution in [0.2, 0.25) is 0 Å². The highest BCUT2D eigenvalue weighted by molar-refractivity contribution is 6.06. The maximum absolute atomic E-state index is 5.39. The van der Waals surface area contributed by atoms with Crippen LogP contribution in [-0.2, 0) is 0 Å². The molecule has 0 bridgehead atoms. The fraction of sp³-hybridized carbons (Fsp3) is 0.100. The third-order valence-electron chi connectivity index (χ3n) is 4.23. The van der Waals surface area contributed by atoms with Gasteiger partial charge in [0, 0.05) is 23.2 Å². The summed E-state index contributed by atoms with van der Waals surface area (Å²) >= 11 is 0. The Morgan fingerprint density at radius 2 is 1.48 bits per heavy atom. The van der Waals surface area contributed by atoms with E-state index in [0.717, 1.165) is 17.0 Å². The van der Waals surface area contributed by atoms with Crippen LogP contribution < -0.4 is 9.47 Å². The Labute approximate surface area is 134 Å². The Bertz CT molecular complexity index is 984. The Kier molecular flexibility index (Phi) is 3.19. The molecule has 114 valence electrons. The van der Waals surface area contributed by atoms with Crippen LogP contribution in [0, 0.1) is 0 Å². The third kappa shape index (κ3) is 2.13. The first-order chi connectivity index (χ1) is 11.3. The second kappa shape index (κ2) is 5.36. The quantitative estimate of drug-likeness (QED) is 0.544. The second-order valence-electron chi connectivity index (χ2n) is 5.44. The van der Waals surface area contributed by atoms with Gasteiger partial charge in [0.2, 0.25) is 0 Å².